The third-order valence-electron chi connectivity index (χ3n) is 3.98. The van der Waals surface area contributed by atoms with Crippen LogP contribution < -0.4 is 5.73 Å². The standard InChI is InChI=1S/C14H30N2/c1-3-4-5-8-14(12-15)16-10-6-7-13(2)9-11-16/h13-14H,3-12,15H2,1-2H3. The Morgan fingerprint density at radius 2 is 2.06 bits per heavy atom. The average Bonchev–Trinajstić information content (AvgIpc) is 2.50. The Balaban J connectivity index is 2.32. The van der Waals surface area contributed by atoms with E-state index in [1.54, 1.807) is 0 Å². The van der Waals surface area contributed by atoms with Gasteiger partial charge in [-0.3, -0.25) is 4.90 Å². The molecule has 16 heavy (non-hydrogen) atoms. The van der Waals surface area contributed by atoms with Gasteiger partial charge in [0, 0.05) is 12.6 Å². The summed E-state index contributed by atoms with van der Waals surface area (Å²) < 4.78 is 0. The molecule has 2 unspecified atom stereocenters. The van der Waals surface area contributed by atoms with Gasteiger partial charge >= 0.3 is 0 Å². The van der Waals surface area contributed by atoms with Crippen molar-refractivity contribution in [3.8, 4) is 0 Å². The second-order valence-corrected chi connectivity index (χ2v) is 5.46. The number of nitrogens with zero attached hydrogens (tertiary/aromatic N) is 1. The van der Waals surface area contributed by atoms with Crippen molar-refractivity contribution in [3.05, 3.63) is 0 Å². The molecule has 0 aromatic rings. The lowest BCUT2D eigenvalue weighted by Crippen LogP contribution is -2.41. The summed E-state index contributed by atoms with van der Waals surface area (Å²) in [4.78, 5) is 2.65. The Hall–Kier alpha value is -0.0800. The Bertz CT molecular complexity index is 170. The van der Waals surface area contributed by atoms with Crippen LogP contribution in [0.5, 0.6) is 0 Å². The minimum atomic E-state index is 0.650. The van der Waals surface area contributed by atoms with Crippen molar-refractivity contribution in [2.24, 2.45) is 11.7 Å². The van der Waals surface area contributed by atoms with Crippen molar-refractivity contribution in [2.45, 2.75) is 64.8 Å². The minimum absolute atomic E-state index is 0.650. The van der Waals surface area contributed by atoms with Crippen LogP contribution in [0.1, 0.15) is 58.8 Å². The smallest absolute Gasteiger partial charge is 0.0218 e. The lowest BCUT2D eigenvalue weighted by molar-refractivity contribution is 0.193. The molecule has 96 valence electrons. The zero-order valence-electron chi connectivity index (χ0n) is 11.3. The van der Waals surface area contributed by atoms with E-state index in [0.717, 1.165) is 12.5 Å². The molecule has 2 heteroatoms. The molecule has 0 bridgehead atoms. The molecule has 0 aromatic heterocycles. The van der Waals surface area contributed by atoms with Crippen LogP contribution >= 0.6 is 0 Å². The maximum absolute atomic E-state index is 5.93. The van der Waals surface area contributed by atoms with Crippen LogP contribution in [0.3, 0.4) is 0 Å². The van der Waals surface area contributed by atoms with Gasteiger partial charge in [-0.25, -0.2) is 0 Å². The van der Waals surface area contributed by atoms with Crippen molar-refractivity contribution < 1.29 is 0 Å². The summed E-state index contributed by atoms with van der Waals surface area (Å²) in [5.74, 6) is 0.916. The van der Waals surface area contributed by atoms with Gasteiger partial charge in [0.15, 0.2) is 0 Å². The minimum Gasteiger partial charge on any atom is -0.329 e. The summed E-state index contributed by atoms with van der Waals surface area (Å²) in [6, 6.07) is 0.650. The maximum atomic E-state index is 5.93. The zero-order chi connectivity index (χ0) is 11.8. The highest BCUT2D eigenvalue weighted by Gasteiger charge is 2.20. The molecule has 2 nitrogen and oxygen atoms in total. The van der Waals surface area contributed by atoms with E-state index in [4.69, 9.17) is 5.73 Å². The fourth-order valence-corrected chi connectivity index (χ4v) is 2.73. The number of hydrogen-bond donors (Lipinski definition) is 1. The van der Waals surface area contributed by atoms with Crippen molar-refractivity contribution in [3.63, 3.8) is 0 Å². The quantitative estimate of drug-likeness (QED) is 0.705. The first-order valence-corrected chi connectivity index (χ1v) is 7.22. The summed E-state index contributed by atoms with van der Waals surface area (Å²) in [6.45, 7) is 8.05. The van der Waals surface area contributed by atoms with E-state index >= 15 is 0 Å². The molecule has 2 atom stereocenters. The van der Waals surface area contributed by atoms with Crippen LogP contribution in [0, 0.1) is 5.92 Å². The largest absolute Gasteiger partial charge is 0.329 e. The predicted octanol–water partition coefficient (Wildman–Crippen LogP) is 3.02. The molecule has 0 radical (unpaired) electrons. The topological polar surface area (TPSA) is 29.3 Å². The SMILES string of the molecule is CCCCCC(CN)N1CCCC(C)CC1. The summed E-state index contributed by atoms with van der Waals surface area (Å²) in [6.07, 6.45) is 9.47. The van der Waals surface area contributed by atoms with E-state index in [1.165, 1.54) is 58.0 Å². The number of unbranched alkanes of at least 4 members (excludes halogenated alkanes) is 2. The number of hydrogen-bond acceptors (Lipinski definition) is 2. The van der Waals surface area contributed by atoms with Gasteiger partial charge in [0.05, 0.1) is 0 Å². The maximum Gasteiger partial charge on any atom is 0.0218 e. The molecule has 2 N–H and O–H groups in total. The molecule has 0 aliphatic carbocycles. The number of nitrogens with two attached hydrogens (primary N) is 1. The van der Waals surface area contributed by atoms with Gasteiger partial charge in [0.1, 0.15) is 0 Å². The van der Waals surface area contributed by atoms with E-state index in [0.29, 0.717) is 6.04 Å². The normalized spacial score (nSPS) is 25.3. The Morgan fingerprint density at radius 3 is 2.75 bits per heavy atom. The second-order valence-electron chi connectivity index (χ2n) is 5.46. The first kappa shape index (κ1) is 14.0. The molecule has 0 amide bonds. The number of likely N-dealkylation sites (tertiary alicyclic amines) is 1. The van der Waals surface area contributed by atoms with Gasteiger partial charge in [-0.2, -0.15) is 0 Å². The molecule has 0 spiro atoms. The number of rotatable bonds is 6. The highest BCUT2D eigenvalue weighted by Crippen LogP contribution is 2.19. The lowest BCUT2D eigenvalue weighted by Gasteiger charge is -2.29. The van der Waals surface area contributed by atoms with Crippen molar-refractivity contribution >= 4 is 0 Å². The molecule has 1 saturated heterocycles. The Kier molecular flexibility index (Phi) is 7.06. The molecule has 1 aliphatic rings. The lowest BCUT2D eigenvalue weighted by atomic mass is 10.0. The van der Waals surface area contributed by atoms with Crippen LogP contribution in [0.25, 0.3) is 0 Å². The van der Waals surface area contributed by atoms with E-state index in [2.05, 4.69) is 18.7 Å². The highest BCUT2D eigenvalue weighted by atomic mass is 15.2. The molecule has 1 fully saturated rings. The van der Waals surface area contributed by atoms with Gasteiger partial charge in [-0.05, 0) is 44.7 Å². The first-order chi connectivity index (χ1) is 7.77. The summed E-state index contributed by atoms with van der Waals surface area (Å²) in [5.41, 5.74) is 5.93. The summed E-state index contributed by atoms with van der Waals surface area (Å²) in [7, 11) is 0. The summed E-state index contributed by atoms with van der Waals surface area (Å²) in [5, 5.41) is 0. The van der Waals surface area contributed by atoms with Crippen LogP contribution in [0.2, 0.25) is 0 Å². The van der Waals surface area contributed by atoms with Gasteiger partial charge in [-0.1, -0.05) is 33.1 Å². The van der Waals surface area contributed by atoms with Crippen LogP contribution in [0.15, 0.2) is 0 Å². The molecule has 1 heterocycles. The molecular formula is C14H30N2. The Morgan fingerprint density at radius 1 is 1.25 bits per heavy atom. The van der Waals surface area contributed by atoms with E-state index in [9.17, 15) is 0 Å². The van der Waals surface area contributed by atoms with E-state index < -0.39 is 0 Å². The van der Waals surface area contributed by atoms with Crippen LogP contribution in [0.4, 0.5) is 0 Å². The fourth-order valence-electron chi connectivity index (χ4n) is 2.73. The van der Waals surface area contributed by atoms with Gasteiger partial charge in [-0.15, -0.1) is 0 Å². The van der Waals surface area contributed by atoms with Crippen molar-refractivity contribution in [1.29, 1.82) is 0 Å². The summed E-state index contributed by atoms with van der Waals surface area (Å²) >= 11 is 0. The first-order valence-electron chi connectivity index (χ1n) is 7.22. The highest BCUT2D eigenvalue weighted by molar-refractivity contribution is 4.76. The average molecular weight is 226 g/mol. The molecule has 0 aromatic carbocycles. The third kappa shape index (κ3) is 4.84. The van der Waals surface area contributed by atoms with Gasteiger partial charge < -0.3 is 5.73 Å². The van der Waals surface area contributed by atoms with Gasteiger partial charge in [0.25, 0.3) is 0 Å². The van der Waals surface area contributed by atoms with Crippen LogP contribution in [-0.2, 0) is 0 Å². The van der Waals surface area contributed by atoms with E-state index in [1.807, 2.05) is 0 Å². The second kappa shape index (κ2) is 8.08. The Labute approximate surface area is 102 Å². The van der Waals surface area contributed by atoms with Crippen LogP contribution in [-0.4, -0.2) is 30.6 Å². The monoisotopic (exact) mass is 226 g/mol. The molecular weight excluding hydrogens is 196 g/mol. The van der Waals surface area contributed by atoms with Crippen molar-refractivity contribution in [2.75, 3.05) is 19.6 Å². The van der Waals surface area contributed by atoms with Crippen molar-refractivity contribution in [1.82, 2.24) is 4.90 Å². The fraction of sp³-hybridized carbons (Fsp3) is 1.00. The molecule has 0 saturated carbocycles. The third-order valence-corrected chi connectivity index (χ3v) is 3.98. The predicted molar refractivity (Wildman–Crippen MR) is 71.6 cm³/mol. The zero-order valence-corrected chi connectivity index (χ0v) is 11.3. The molecule has 1 aliphatic heterocycles. The molecule has 1 rings (SSSR count). The van der Waals surface area contributed by atoms with Gasteiger partial charge in [0.2, 0.25) is 0 Å². The van der Waals surface area contributed by atoms with E-state index in [-0.39, 0.29) is 0 Å².